The first-order chi connectivity index (χ1) is 9.76. The Morgan fingerprint density at radius 2 is 2.50 bits per heavy atom. The van der Waals surface area contributed by atoms with Gasteiger partial charge in [0.25, 0.3) is 5.91 Å². The van der Waals surface area contributed by atoms with Crippen molar-refractivity contribution in [2.75, 3.05) is 38.2 Å². The topological polar surface area (TPSA) is 74.7 Å². The first kappa shape index (κ1) is 14.7. The Kier molecular flexibility index (Phi) is 5.31. The summed E-state index contributed by atoms with van der Waals surface area (Å²) < 4.78 is 5.28. The number of aromatic nitrogens is 1. The molecule has 2 heterocycles. The van der Waals surface area contributed by atoms with Crippen molar-refractivity contribution in [2.24, 2.45) is 0 Å². The summed E-state index contributed by atoms with van der Waals surface area (Å²) in [5.41, 5.74) is 1.28. The minimum absolute atomic E-state index is 0.0977. The number of rotatable bonds is 5. The van der Waals surface area contributed by atoms with E-state index in [1.807, 2.05) is 6.07 Å². The molecular weight excluding hydrogens is 258 g/mol. The maximum absolute atomic E-state index is 12.5. The molecule has 0 radical (unpaired) electrons. The number of carbonyl (C=O) groups excluding carboxylic acids is 1. The maximum atomic E-state index is 12.5. The molecule has 1 aliphatic heterocycles. The number of anilines is 1. The number of nitrogens with zero attached hydrogens (tertiary/aromatic N) is 2. The molecule has 20 heavy (non-hydrogen) atoms. The summed E-state index contributed by atoms with van der Waals surface area (Å²) in [7, 11) is 0. The second kappa shape index (κ2) is 7.21. The number of hydrogen-bond acceptors (Lipinski definition) is 5. The number of hydrogen-bond donors (Lipinski definition) is 2. The zero-order valence-electron chi connectivity index (χ0n) is 11.7. The largest absolute Gasteiger partial charge is 0.394 e. The summed E-state index contributed by atoms with van der Waals surface area (Å²) >= 11 is 0. The van der Waals surface area contributed by atoms with Crippen molar-refractivity contribution < 1.29 is 14.6 Å². The quantitative estimate of drug-likeness (QED) is 0.831. The lowest BCUT2D eigenvalue weighted by molar-refractivity contribution is -0.0186. The summed E-state index contributed by atoms with van der Waals surface area (Å²) in [6.07, 6.45) is 2.64. The van der Waals surface area contributed by atoms with Crippen molar-refractivity contribution in [3.8, 4) is 0 Å². The zero-order chi connectivity index (χ0) is 14.4. The molecule has 1 atom stereocenters. The van der Waals surface area contributed by atoms with E-state index in [-0.39, 0.29) is 18.6 Å². The van der Waals surface area contributed by atoms with Crippen LogP contribution in [-0.4, -0.2) is 59.8 Å². The van der Waals surface area contributed by atoms with E-state index in [0.29, 0.717) is 25.5 Å². The van der Waals surface area contributed by atoms with Crippen LogP contribution in [0, 0.1) is 0 Å². The van der Waals surface area contributed by atoms with Crippen LogP contribution in [0.5, 0.6) is 0 Å². The van der Waals surface area contributed by atoms with Crippen molar-refractivity contribution in [3.05, 3.63) is 24.0 Å². The summed E-state index contributed by atoms with van der Waals surface area (Å²) in [5.74, 6) is -0.160. The molecule has 0 bridgehead atoms. The first-order valence-electron chi connectivity index (χ1n) is 6.95. The second-order valence-corrected chi connectivity index (χ2v) is 4.77. The van der Waals surface area contributed by atoms with Crippen molar-refractivity contribution in [1.29, 1.82) is 0 Å². The SMILES string of the molecule is CCCNc1ccnc(C(=O)N2CCOCC2CO)c1. The third-order valence-corrected chi connectivity index (χ3v) is 3.26. The number of aliphatic hydroxyl groups excluding tert-OH is 1. The van der Waals surface area contributed by atoms with Crippen LogP contribution in [0.2, 0.25) is 0 Å². The Morgan fingerprint density at radius 3 is 3.25 bits per heavy atom. The van der Waals surface area contributed by atoms with Gasteiger partial charge < -0.3 is 20.1 Å². The van der Waals surface area contributed by atoms with Crippen molar-refractivity contribution >= 4 is 11.6 Å². The van der Waals surface area contributed by atoms with Gasteiger partial charge in [-0.1, -0.05) is 6.92 Å². The highest BCUT2D eigenvalue weighted by atomic mass is 16.5. The van der Waals surface area contributed by atoms with Gasteiger partial charge in [-0.3, -0.25) is 9.78 Å². The molecule has 0 saturated carbocycles. The van der Waals surface area contributed by atoms with Crippen LogP contribution in [0.3, 0.4) is 0 Å². The number of nitrogens with one attached hydrogen (secondary N) is 1. The van der Waals surface area contributed by atoms with Gasteiger partial charge in [0.1, 0.15) is 5.69 Å². The van der Waals surface area contributed by atoms with E-state index in [0.717, 1.165) is 18.7 Å². The second-order valence-electron chi connectivity index (χ2n) is 4.77. The molecule has 0 spiro atoms. The van der Waals surface area contributed by atoms with Crippen LogP contribution in [-0.2, 0) is 4.74 Å². The van der Waals surface area contributed by atoms with Gasteiger partial charge >= 0.3 is 0 Å². The molecule has 1 aliphatic rings. The Bertz CT molecular complexity index is 453. The van der Waals surface area contributed by atoms with Gasteiger partial charge in [0, 0.05) is 25.0 Å². The molecule has 110 valence electrons. The highest BCUT2D eigenvalue weighted by molar-refractivity contribution is 5.93. The fourth-order valence-corrected chi connectivity index (χ4v) is 2.15. The van der Waals surface area contributed by atoms with Gasteiger partial charge in [-0.25, -0.2) is 0 Å². The molecule has 1 fully saturated rings. The van der Waals surface area contributed by atoms with Crippen LogP contribution in [0.15, 0.2) is 18.3 Å². The van der Waals surface area contributed by atoms with E-state index in [1.165, 1.54) is 0 Å². The highest BCUT2D eigenvalue weighted by Gasteiger charge is 2.28. The van der Waals surface area contributed by atoms with Crippen LogP contribution in [0.4, 0.5) is 5.69 Å². The lowest BCUT2D eigenvalue weighted by atomic mass is 10.2. The van der Waals surface area contributed by atoms with E-state index >= 15 is 0 Å². The van der Waals surface area contributed by atoms with Crippen LogP contribution in [0.25, 0.3) is 0 Å². The lowest BCUT2D eigenvalue weighted by Crippen LogP contribution is -2.50. The zero-order valence-corrected chi connectivity index (χ0v) is 11.7. The van der Waals surface area contributed by atoms with Crippen LogP contribution >= 0.6 is 0 Å². The van der Waals surface area contributed by atoms with Crippen molar-refractivity contribution in [1.82, 2.24) is 9.88 Å². The van der Waals surface area contributed by atoms with E-state index in [2.05, 4.69) is 17.2 Å². The molecule has 2 rings (SSSR count). The number of pyridine rings is 1. The summed E-state index contributed by atoms with van der Waals surface area (Å²) in [4.78, 5) is 18.2. The summed E-state index contributed by atoms with van der Waals surface area (Å²) in [6, 6.07) is 3.31. The third-order valence-electron chi connectivity index (χ3n) is 3.26. The summed E-state index contributed by atoms with van der Waals surface area (Å²) in [6.45, 7) is 4.19. The van der Waals surface area contributed by atoms with E-state index in [1.54, 1.807) is 17.2 Å². The monoisotopic (exact) mass is 279 g/mol. The van der Waals surface area contributed by atoms with Gasteiger partial charge in [-0.2, -0.15) is 0 Å². The van der Waals surface area contributed by atoms with Crippen molar-refractivity contribution in [3.63, 3.8) is 0 Å². The predicted molar refractivity (Wildman–Crippen MR) is 75.7 cm³/mol. The minimum Gasteiger partial charge on any atom is -0.394 e. The first-order valence-corrected chi connectivity index (χ1v) is 6.95. The standard InChI is InChI=1S/C14H21N3O3/c1-2-4-15-11-3-5-16-13(8-11)14(19)17-6-7-20-10-12(17)9-18/h3,5,8,12,18H,2,4,6-7,9-10H2,1H3,(H,15,16). The molecule has 6 nitrogen and oxygen atoms in total. The Hall–Kier alpha value is -1.66. The van der Waals surface area contributed by atoms with Crippen LogP contribution in [0.1, 0.15) is 23.8 Å². The third kappa shape index (κ3) is 3.46. The molecule has 1 aromatic rings. The van der Waals surface area contributed by atoms with E-state index in [4.69, 9.17) is 4.74 Å². The maximum Gasteiger partial charge on any atom is 0.273 e. The predicted octanol–water partition coefficient (Wildman–Crippen LogP) is 0.737. The lowest BCUT2D eigenvalue weighted by Gasteiger charge is -2.34. The molecule has 0 aliphatic carbocycles. The smallest absolute Gasteiger partial charge is 0.273 e. The Morgan fingerprint density at radius 1 is 1.65 bits per heavy atom. The minimum atomic E-state index is -0.287. The molecule has 2 N–H and O–H groups in total. The number of morpholine rings is 1. The van der Waals surface area contributed by atoms with Gasteiger partial charge in [-0.15, -0.1) is 0 Å². The van der Waals surface area contributed by atoms with Crippen LogP contribution < -0.4 is 5.32 Å². The molecule has 1 amide bonds. The van der Waals surface area contributed by atoms with E-state index < -0.39 is 0 Å². The molecule has 1 aromatic heterocycles. The number of carbonyl (C=O) groups is 1. The molecule has 1 unspecified atom stereocenters. The number of aliphatic hydroxyl groups is 1. The van der Waals surface area contributed by atoms with Gasteiger partial charge in [0.2, 0.25) is 0 Å². The Balaban J connectivity index is 2.11. The fraction of sp³-hybridized carbons (Fsp3) is 0.571. The van der Waals surface area contributed by atoms with Gasteiger partial charge in [-0.05, 0) is 18.6 Å². The average molecular weight is 279 g/mol. The molecule has 6 heteroatoms. The van der Waals surface area contributed by atoms with Gasteiger partial charge in [0.15, 0.2) is 0 Å². The number of amides is 1. The average Bonchev–Trinajstić information content (AvgIpc) is 2.52. The number of ether oxygens (including phenoxy) is 1. The van der Waals surface area contributed by atoms with E-state index in [9.17, 15) is 9.90 Å². The van der Waals surface area contributed by atoms with Gasteiger partial charge in [0.05, 0.1) is 25.9 Å². The highest BCUT2D eigenvalue weighted by Crippen LogP contribution is 2.14. The Labute approximate surface area is 118 Å². The summed E-state index contributed by atoms with van der Waals surface area (Å²) in [5, 5.41) is 12.6. The fourth-order valence-electron chi connectivity index (χ4n) is 2.15. The normalized spacial score (nSPS) is 18.9. The molecular formula is C14H21N3O3. The van der Waals surface area contributed by atoms with Crippen molar-refractivity contribution in [2.45, 2.75) is 19.4 Å². The molecule has 0 aromatic carbocycles. The molecule has 1 saturated heterocycles.